The summed E-state index contributed by atoms with van der Waals surface area (Å²) in [6.07, 6.45) is -4.51. The van der Waals surface area contributed by atoms with E-state index in [0.29, 0.717) is 6.54 Å². The molecule has 1 aliphatic heterocycles. The highest BCUT2D eigenvalue weighted by Gasteiger charge is 2.37. The number of nitrogens with zero attached hydrogens (tertiary/aromatic N) is 2. The lowest BCUT2D eigenvalue weighted by molar-refractivity contribution is -0.137. The number of likely N-dealkylation sites (N-methyl/N-ethyl adjacent to an activating group) is 1. The van der Waals surface area contributed by atoms with Gasteiger partial charge in [-0.15, -0.1) is 11.3 Å². The standard InChI is InChI=1S/C20H22F3N3O2S/c1-25(2)16(17-7-4-8-29-17)11-24-19(28)13-9-18(27)26(12-13)15-6-3-5-14(10-15)20(21,22)23/h3-8,10,13,16H,9,11-12H2,1-2H3,(H,24,28). The molecular weight excluding hydrogens is 403 g/mol. The maximum atomic E-state index is 12.9. The zero-order valence-corrected chi connectivity index (χ0v) is 16.9. The number of benzene rings is 1. The van der Waals surface area contributed by atoms with Crippen LogP contribution in [0.4, 0.5) is 18.9 Å². The number of carbonyl (C=O) groups is 2. The molecule has 1 aliphatic rings. The molecule has 1 N–H and O–H groups in total. The van der Waals surface area contributed by atoms with Crippen molar-refractivity contribution < 1.29 is 22.8 Å². The highest BCUT2D eigenvalue weighted by atomic mass is 32.1. The van der Waals surface area contributed by atoms with E-state index in [1.54, 1.807) is 11.3 Å². The van der Waals surface area contributed by atoms with E-state index in [-0.39, 0.29) is 36.5 Å². The average molecular weight is 425 g/mol. The molecule has 2 heterocycles. The minimum atomic E-state index is -4.49. The monoisotopic (exact) mass is 425 g/mol. The fourth-order valence-electron chi connectivity index (χ4n) is 3.34. The highest BCUT2D eigenvalue weighted by molar-refractivity contribution is 7.10. The van der Waals surface area contributed by atoms with Crippen molar-refractivity contribution in [2.45, 2.75) is 18.6 Å². The zero-order valence-electron chi connectivity index (χ0n) is 16.1. The Morgan fingerprint density at radius 3 is 2.69 bits per heavy atom. The Morgan fingerprint density at radius 1 is 1.31 bits per heavy atom. The largest absolute Gasteiger partial charge is 0.416 e. The van der Waals surface area contributed by atoms with Gasteiger partial charge >= 0.3 is 6.18 Å². The van der Waals surface area contributed by atoms with Crippen LogP contribution in [0.5, 0.6) is 0 Å². The van der Waals surface area contributed by atoms with Gasteiger partial charge in [-0.3, -0.25) is 9.59 Å². The van der Waals surface area contributed by atoms with Crippen LogP contribution < -0.4 is 10.2 Å². The molecule has 0 aliphatic carbocycles. The Hall–Kier alpha value is -2.39. The molecule has 3 rings (SSSR count). The lowest BCUT2D eigenvalue weighted by Crippen LogP contribution is -2.38. The van der Waals surface area contributed by atoms with E-state index in [1.165, 1.54) is 17.0 Å². The first-order valence-corrected chi connectivity index (χ1v) is 10.00. The summed E-state index contributed by atoms with van der Waals surface area (Å²) in [5.41, 5.74) is -0.662. The molecule has 0 bridgehead atoms. The SMILES string of the molecule is CN(C)C(CNC(=O)C1CC(=O)N(c2cccc(C(F)(F)F)c2)C1)c1cccs1. The molecule has 0 radical (unpaired) electrons. The molecule has 1 saturated heterocycles. The smallest absolute Gasteiger partial charge is 0.354 e. The fraction of sp³-hybridized carbons (Fsp3) is 0.400. The number of thiophene rings is 1. The second kappa shape index (κ2) is 8.54. The van der Waals surface area contributed by atoms with Gasteiger partial charge in [0.05, 0.1) is 17.5 Å². The summed E-state index contributed by atoms with van der Waals surface area (Å²) >= 11 is 1.60. The zero-order chi connectivity index (χ0) is 21.2. The van der Waals surface area contributed by atoms with E-state index in [9.17, 15) is 22.8 Å². The lowest BCUT2D eigenvalue weighted by atomic mass is 10.1. The Kier molecular flexibility index (Phi) is 6.28. The van der Waals surface area contributed by atoms with Gasteiger partial charge in [0, 0.05) is 30.1 Å². The van der Waals surface area contributed by atoms with Gasteiger partial charge in [0.15, 0.2) is 0 Å². The number of amides is 2. The molecule has 9 heteroatoms. The Labute approximate surface area is 171 Å². The summed E-state index contributed by atoms with van der Waals surface area (Å²) in [6, 6.07) is 8.57. The molecule has 2 aromatic rings. The predicted octanol–water partition coefficient (Wildman–Crippen LogP) is 3.54. The number of carbonyl (C=O) groups excluding carboxylic acids is 2. The first kappa shape index (κ1) is 21.3. The van der Waals surface area contributed by atoms with E-state index < -0.39 is 17.7 Å². The first-order chi connectivity index (χ1) is 13.7. The summed E-state index contributed by atoms with van der Waals surface area (Å²) in [5, 5.41) is 4.86. The van der Waals surface area contributed by atoms with Gasteiger partial charge in [-0.1, -0.05) is 12.1 Å². The third-order valence-electron chi connectivity index (χ3n) is 4.95. The topological polar surface area (TPSA) is 52.7 Å². The van der Waals surface area contributed by atoms with Gasteiger partial charge in [-0.2, -0.15) is 13.2 Å². The number of hydrogen-bond acceptors (Lipinski definition) is 4. The van der Waals surface area contributed by atoms with Gasteiger partial charge < -0.3 is 15.1 Å². The number of hydrogen-bond donors (Lipinski definition) is 1. The summed E-state index contributed by atoms with van der Waals surface area (Å²) in [6.45, 7) is 0.457. The van der Waals surface area contributed by atoms with Crippen LogP contribution in [-0.4, -0.2) is 43.9 Å². The minimum absolute atomic E-state index is 0.00984. The van der Waals surface area contributed by atoms with Gasteiger partial charge in [0.1, 0.15) is 0 Å². The van der Waals surface area contributed by atoms with Gasteiger partial charge in [0.25, 0.3) is 0 Å². The van der Waals surface area contributed by atoms with E-state index in [2.05, 4.69) is 5.32 Å². The van der Waals surface area contributed by atoms with Crippen molar-refractivity contribution in [2.75, 3.05) is 32.1 Å². The van der Waals surface area contributed by atoms with E-state index >= 15 is 0 Å². The highest BCUT2D eigenvalue weighted by Crippen LogP contribution is 2.33. The third-order valence-corrected chi connectivity index (χ3v) is 5.92. The van der Waals surface area contributed by atoms with Crippen LogP contribution >= 0.6 is 11.3 Å². The number of halogens is 3. The van der Waals surface area contributed by atoms with Crippen LogP contribution in [-0.2, 0) is 15.8 Å². The summed E-state index contributed by atoms with van der Waals surface area (Å²) in [5.74, 6) is -1.22. The second-order valence-corrected chi connectivity index (χ2v) is 8.17. The molecule has 2 unspecified atom stereocenters. The third kappa shape index (κ3) is 4.97. The molecule has 5 nitrogen and oxygen atoms in total. The molecule has 1 fully saturated rings. The van der Waals surface area contributed by atoms with Gasteiger partial charge in [-0.05, 0) is 43.7 Å². The summed E-state index contributed by atoms with van der Waals surface area (Å²) in [7, 11) is 3.84. The van der Waals surface area contributed by atoms with E-state index in [1.807, 2.05) is 36.5 Å². The minimum Gasteiger partial charge on any atom is -0.354 e. The van der Waals surface area contributed by atoms with E-state index in [4.69, 9.17) is 0 Å². The Balaban J connectivity index is 1.65. The number of nitrogens with one attached hydrogen (secondary N) is 1. The van der Waals surface area contributed by atoms with Crippen molar-refractivity contribution in [1.82, 2.24) is 10.2 Å². The van der Waals surface area contributed by atoms with Crippen molar-refractivity contribution in [1.29, 1.82) is 0 Å². The maximum Gasteiger partial charge on any atom is 0.416 e. The van der Waals surface area contributed by atoms with E-state index in [0.717, 1.165) is 17.0 Å². The van der Waals surface area contributed by atoms with Crippen molar-refractivity contribution >= 4 is 28.8 Å². The van der Waals surface area contributed by atoms with Gasteiger partial charge in [0.2, 0.25) is 11.8 Å². The molecule has 1 aromatic carbocycles. The molecule has 0 saturated carbocycles. The molecule has 29 heavy (non-hydrogen) atoms. The quantitative estimate of drug-likeness (QED) is 0.770. The van der Waals surface area contributed by atoms with Crippen LogP contribution in [0.25, 0.3) is 0 Å². The fourth-order valence-corrected chi connectivity index (χ4v) is 4.27. The van der Waals surface area contributed by atoms with Crippen LogP contribution in [0.15, 0.2) is 41.8 Å². The number of anilines is 1. The van der Waals surface area contributed by atoms with Crippen LogP contribution in [0, 0.1) is 5.92 Å². The van der Waals surface area contributed by atoms with Crippen LogP contribution in [0.2, 0.25) is 0 Å². The normalized spacial score (nSPS) is 18.3. The predicted molar refractivity (Wildman–Crippen MR) is 106 cm³/mol. The molecule has 2 amide bonds. The van der Waals surface area contributed by atoms with Gasteiger partial charge in [-0.25, -0.2) is 0 Å². The Bertz CT molecular complexity index is 868. The molecule has 2 atom stereocenters. The lowest BCUT2D eigenvalue weighted by Gasteiger charge is -2.24. The summed E-state index contributed by atoms with van der Waals surface area (Å²) < 4.78 is 38.8. The van der Waals surface area contributed by atoms with Crippen LogP contribution in [0.1, 0.15) is 22.9 Å². The average Bonchev–Trinajstić information content (AvgIpc) is 3.31. The van der Waals surface area contributed by atoms with Crippen molar-refractivity contribution in [3.63, 3.8) is 0 Å². The van der Waals surface area contributed by atoms with Crippen molar-refractivity contribution in [3.8, 4) is 0 Å². The second-order valence-electron chi connectivity index (χ2n) is 7.19. The number of alkyl halides is 3. The van der Waals surface area contributed by atoms with Crippen molar-refractivity contribution in [3.05, 3.63) is 52.2 Å². The Morgan fingerprint density at radius 2 is 2.07 bits per heavy atom. The summed E-state index contributed by atoms with van der Waals surface area (Å²) in [4.78, 5) is 29.3. The molecular formula is C20H22F3N3O2S. The maximum absolute atomic E-state index is 12.9. The first-order valence-electron chi connectivity index (χ1n) is 9.12. The molecule has 0 spiro atoms. The van der Waals surface area contributed by atoms with Crippen molar-refractivity contribution in [2.24, 2.45) is 5.92 Å². The molecule has 1 aromatic heterocycles. The van der Waals surface area contributed by atoms with Crippen LogP contribution in [0.3, 0.4) is 0 Å². The number of rotatable bonds is 6. The molecule has 156 valence electrons.